The molecule has 1 aromatic heterocycles. The van der Waals surface area contributed by atoms with E-state index in [0.29, 0.717) is 0 Å². The first-order chi connectivity index (χ1) is 7.99. The lowest BCUT2D eigenvalue weighted by molar-refractivity contribution is 0.417. The van der Waals surface area contributed by atoms with Gasteiger partial charge in [0.05, 0.1) is 5.52 Å². The Labute approximate surface area is 93.4 Å². The Morgan fingerprint density at radius 2 is 1.65 bits per heavy atom. The predicted octanol–water partition coefficient (Wildman–Crippen LogP) is 1.68. The van der Waals surface area contributed by atoms with Crippen LogP contribution in [0.1, 0.15) is 11.6 Å². The van der Waals surface area contributed by atoms with Gasteiger partial charge in [-0.15, -0.1) is 0 Å². The highest BCUT2D eigenvalue weighted by Crippen LogP contribution is 2.30. The molecule has 0 fully saturated rings. The van der Waals surface area contributed by atoms with Crippen LogP contribution in [0.4, 0.5) is 17.6 Å². The summed E-state index contributed by atoms with van der Waals surface area (Å²) in [5.41, 5.74) is 10.5. The zero-order chi connectivity index (χ0) is 12.7. The van der Waals surface area contributed by atoms with E-state index >= 15 is 0 Å². The van der Waals surface area contributed by atoms with Crippen LogP contribution in [0.5, 0.6) is 0 Å². The van der Waals surface area contributed by atoms with E-state index < -0.39 is 40.2 Å². The second-order valence-electron chi connectivity index (χ2n) is 3.59. The third-order valence-electron chi connectivity index (χ3n) is 2.58. The van der Waals surface area contributed by atoms with E-state index in [1.54, 1.807) is 0 Å². The molecule has 92 valence electrons. The Bertz CT molecular complexity index is 579. The van der Waals surface area contributed by atoms with Gasteiger partial charge in [0.15, 0.2) is 23.3 Å². The third-order valence-corrected chi connectivity index (χ3v) is 2.58. The summed E-state index contributed by atoms with van der Waals surface area (Å²) in [6, 6.07) is -0.789. The number of hydrogen-bond acceptors (Lipinski definition) is 2. The lowest BCUT2D eigenvalue weighted by Gasteiger charge is -2.08. The van der Waals surface area contributed by atoms with Gasteiger partial charge in [-0.3, -0.25) is 0 Å². The molecular formula is C10H9F4N3. The lowest BCUT2D eigenvalue weighted by atomic mass is 10.1. The fraction of sp³-hybridized carbons (Fsp3) is 0.200. The lowest BCUT2D eigenvalue weighted by Crippen LogP contribution is -2.20. The quantitative estimate of drug-likeness (QED) is 0.429. The SMILES string of the molecule is NCC(N)c1c[nH]c2c(F)c(F)c(F)c(F)c12. The van der Waals surface area contributed by atoms with Crippen LogP contribution in [-0.4, -0.2) is 11.5 Å². The maximum Gasteiger partial charge on any atom is 0.199 e. The van der Waals surface area contributed by atoms with Crippen LogP contribution in [0.15, 0.2) is 6.20 Å². The molecule has 0 radical (unpaired) electrons. The van der Waals surface area contributed by atoms with Crippen LogP contribution in [-0.2, 0) is 0 Å². The van der Waals surface area contributed by atoms with Gasteiger partial charge in [-0.05, 0) is 5.56 Å². The average molecular weight is 247 g/mol. The van der Waals surface area contributed by atoms with Gasteiger partial charge >= 0.3 is 0 Å². The zero-order valence-electron chi connectivity index (χ0n) is 8.53. The zero-order valence-corrected chi connectivity index (χ0v) is 8.53. The number of aromatic amines is 1. The average Bonchev–Trinajstić information content (AvgIpc) is 2.77. The van der Waals surface area contributed by atoms with E-state index in [1.165, 1.54) is 6.20 Å². The second kappa shape index (κ2) is 4.01. The Morgan fingerprint density at radius 3 is 2.24 bits per heavy atom. The third kappa shape index (κ3) is 1.58. The van der Waals surface area contributed by atoms with Crippen molar-refractivity contribution >= 4 is 10.9 Å². The molecule has 17 heavy (non-hydrogen) atoms. The molecule has 5 N–H and O–H groups in total. The second-order valence-corrected chi connectivity index (χ2v) is 3.59. The predicted molar refractivity (Wildman–Crippen MR) is 54.1 cm³/mol. The van der Waals surface area contributed by atoms with E-state index in [2.05, 4.69) is 4.98 Å². The van der Waals surface area contributed by atoms with E-state index in [9.17, 15) is 17.6 Å². The number of hydrogen-bond donors (Lipinski definition) is 3. The first kappa shape index (κ1) is 11.9. The van der Waals surface area contributed by atoms with Gasteiger partial charge in [0.25, 0.3) is 0 Å². The molecule has 1 aromatic carbocycles. The highest BCUT2D eigenvalue weighted by molar-refractivity contribution is 5.85. The van der Waals surface area contributed by atoms with Crippen LogP contribution in [0.3, 0.4) is 0 Å². The van der Waals surface area contributed by atoms with E-state index in [0.717, 1.165) is 0 Å². The molecule has 0 bridgehead atoms. The molecule has 0 aliphatic carbocycles. The van der Waals surface area contributed by atoms with Crippen LogP contribution < -0.4 is 11.5 Å². The minimum atomic E-state index is -1.86. The Kier molecular flexibility index (Phi) is 2.80. The molecule has 0 amide bonds. The van der Waals surface area contributed by atoms with Crippen molar-refractivity contribution in [1.29, 1.82) is 0 Å². The van der Waals surface area contributed by atoms with Crippen LogP contribution in [0.25, 0.3) is 10.9 Å². The summed E-state index contributed by atoms with van der Waals surface area (Å²) < 4.78 is 52.9. The molecule has 2 rings (SSSR count). The van der Waals surface area contributed by atoms with E-state index in [1.807, 2.05) is 0 Å². The summed E-state index contributed by atoms with van der Waals surface area (Å²) in [5.74, 6) is -6.67. The smallest absolute Gasteiger partial charge is 0.199 e. The molecule has 0 spiro atoms. The number of nitrogens with one attached hydrogen (secondary N) is 1. The number of H-pyrrole nitrogens is 1. The van der Waals surface area contributed by atoms with Crippen molar-refractivity contribution in [3.05, 3.63) is 35.0 Å². The van der Waals surface area contributed by atoms with Crippen LogP contribution in [0.2, 0.25) is 0 Å². The monoisotopic (exact) mass is 247 g/mol. The number of benzene rings is 1. The van der Waals surface area contributed by atoms with Crippen molar-refractivity contribution in [2.45, 2.75) is 6.04 Å². The van der Waals surface area contributed by atoms with E-state index in [-0.39, 0.29) is 12.1 Å². The largest absolute Gasteiger partial charge is 0.358 e. The highest BCUT2D eigenvalue weighted by Gasteiger charge is 2.25. The van der Waals surface area contributed by atoms with Crippen molar-refractivity contribution in [3.8, 4) is 0 Å². The first-order valence-corrected chi connectivity index (χ1v) is 4.77. The van der Waals surface area contributed by atoms with Crippen molar-refractivity contribution in [3.63, 3.8) is 0 Å². The summed E-state index contributed by atoms with van der Waals surface area (Å²) >= 11 is 0. The van der Waals surface area contributed by atoms with E-state index in [4.69, 9.17) is 11.5 Å². The van der Waals surface area contributed by atoms with Gasteiger partial charge in [0.1, 0.15) is 0 Å². The maximum absolute atomic E-state index is 13.5. The molecule has 0 saturated carbocycles. The van der Waals surface area contributed by atoms with Crippen molar-refractivity contribution in [1.82, 2.24) is 4.98 Å². The maximum atomic E-state index is 13.5. The van der Waals surface area contributed by atoms with Crippen molar-refractivity contribution in [2.75, 3.05) is 6.54 Å². The molecule has 0 aliphatic heterocycles. The van der Waals surface area contributed by atoms with Gasteiger partial charge in [-0.1, -0.05) is 0 Å². The fourth-order valence-corrected chi connectivity index (χ4v) is 1.68. The topological polar surface area (TPSA) is 67.8 Å². The number of nitrogens with two attached hydrogens (primary N) is 2. The summed E-state index contributed by atoms with van der Waals surface area (Å²) in [7, 11) is 0. The summed E-state index contributed by atoms with van der Waals surface area (Å²) in [4.78, 5) is 2.32. The highest BCUT2D eigenvalue weighted by atomic mass is 19.2. The van der Waals surface area contributed by atoms with Crippen molar-refractivity contribution < 1.29 is 17.6 Å². The molecule has 1 unspecified atom stereocenters. The summed E-state index contributed by atoms with van der Waals surface area (Å²) in [5, 5.41) is -0.403. The van der Waals surface area contributed by atoms with Gasteiger partial charge in [0.2, 0.25) is 0 Å². The fourth-order valence-electron chi connectivity index (χ4n) is 1.68. The molecule has 0 saturated heterocycles. The molecule has 1 heterocycles. The number of halogens is 4. The molecule has 7 heteroatoms. The molecule has 2 aromatic rings. The Balaban J connectivity index is 2.85. The number of rotatable bonds is 2. The molecular weight excluding hydrogens is 238 g/mol. The minimum Gasteiger partial charge on any atom is -0.358 e. The molecule has 3 nitrogen and oxygen atoms in total. The normalized spacial score (nSPS) is 13.3. The minimum absolute atomic E-state index is 0.0347. The van der Waals surface area contributed by atoms with Gasteiger partial charge in [0, 0.05) is 24.2 Å². The Hall–Kier alpha value is -1.60. The Morgan fingerprint density at radius 1 is 1.06 bits per heavy atom. The number of aromatic nitrogens is 1. The molecule has 0 aliphatic rings. The first-order valence-electron chi connectivity index (χ1n) is 4.77. The number of fused-ring (bicyclic) bond motifs is 1. The standard InChI is InChI=1S/C10H9F4N3/c11-6-5-3(4(16)1-15)2-17-10(5)9(14)8(13)7(6)12/h2,4,17H,1,15-16H2. The van der Waals surface area contributed by atoms with Crippen molar-refractivity contribution in [2.24, 2.45) is 11.5 Å². The van der Waals surface area contributed by atoms with Gasteiger partial charge in [-0.2, -0.15) is 0 Å². The summed E-state index contributed by atoms with van der Waals surface area (Å²) in [6.45, 7) is -0.0347. The van der Waals surface area contributed by atoms with Crippen LogP contribution >= 0.6 is 0 Å². The summed E-state index contributed by atoms with van der Waals surface area (Å²) in [6.07, 6.45) is 1.19. The van der Waals surface area contributed by atoms with Crippen LogP contribution in [0, 0.1) is 23.3 Å². The molecule has 1 atom stereocenters. The van der Waals surface area contributed by atoms with Gasteiger partial charge in [-0.25, -0.2) is 17.6 Å². The van der Waals surface area contributed by atoms with Gasteiger partial charge < -0.3 is 16.5 Å².